The van der Waals surface area contributed by atoms with Crippen molar-refractivity contribution in [3.8, 4) is 11.5 Å². The van der Waals surface area contributed by atoms with E-state index < -0.39 is 0 Å². The number of halogens is 1. The van der Waals surface area contributed by atoms with Gasteiger partial charge in [-0.2, -0.15) is 0 Å². The summed E-state index contributed by atoms with van der Waals surface area (Å²) < 4.78 is 10.9. The number of methoxy groups -OCH3 is 1. The molecule has 0 amide bonds. The van der Waals surface area contributed by atoms with Crippen molar-refractivity contribution < 1.29 is 9.47 Å². The van der Waals surface area contributed by atoms with Gasteiger partial charge < -0.3 is 14.8 Å². The second kappa shape index (κ2) is 8.42. The number of alkyl halides is 1. The van der Waals surface area contributed by atoms with Gasteiger partial charge in [-0.05, 0) is 36.2 Å². The smallest absolute Gasteiger partial charge is 0.161 e. The van der Waals surface area contributed by atoms with Gasteiger partial charge in [-0.3, -0.25) is 0 Å². The number of aryl methyl sites for hydroxylation is 1. The number of hydrogen-bond acceptors (Lipinski definition) is 3. The Morgan fingerprint density at radius 2 is 1.71 bits per heavy atom. The molecule has 0 saturated carbocycles. The van der Waals surface area contributed by atoms with Crippen LogP contribution in [0.25, 0.3) is 0 Å². The van der Waals surface area contributed by atoms with Crippen molar-refractivity contribution in [1.29, 1.82) is 0 Å². The Kier molecular flexibility index (Phi) is 6.22. The van der Waals surface area contributed by atoms with Gasteiger partial charge >= 0.3 is 0 Å². The average molecular weight is 306 g/mol. The maximum Gasteiger partial charge on any atom is 0.161 e. The van der Waals surface area contributed by atoms with Gasteiger partial charge in [-0.1, -0.05) is 24.3 Å². The zero-order valence-electron chi connectivity index (χ0n) is 12.1. The van der Waals surface area contributed by atoms with Crippen molar-refractivity contribution in [2.24, 2.45) is 0 Å². The molecule has 0 unspecified atom stereocenters. The molecule has 0 heterocycles. The van der Waals surface area contributed by atoms with Crippen molar-refractivity contribution >= 4 is 17.3 Å². The minimum absolute atomic E-state index is 0.573. The van der Waals surface area contributed by atoms with E-state index >= 15 is 0 Å². The van der Waals surface area contributed by atoms with Gasteiger partial charge in [0, 0.05) is 18.1 Å². The lowest BCUT2D eigenvalue weighted by atomic mass is 10.1. The lowest BCUT2D eigenvalue weighted by molar-refractivity contribution is 0.306. The van der Waals surface area contributed by atoms with Gasteiger partial charge in [0.2, 0.25) is 0 Å². The Balaban J connectivity index is 1.76. The maximum absolute atomic E-state index is 5.72. The quantitative estimate of drug-likeness (QED) is 0.591. The number of anilines is 1. The van der Waals surface area contributed by atoms with Gasteiger partial charge in [0.15, 0.2) is 11.5 Å². The van der Waals surface area contributed by atoms with Crippen LogP contribution in [0.15, 0.2) is 48.5 Å². The van der Waals surface area contributed by atoms with Crippen LogP contribution < -0.4 is 14.8 Å². The highest BCUT2D eigenvalue weighted by atomic mass is 35.5. The summed E-state index contributed by atoms with van der Waals surface area (Å²) in [5.74, 6) is 2.17. The first-order valence-electron chi connectivity index (χ1n) is 6.98. The van der Waals surface area contributed by atoms with Crippen LogP contribution >= 0.6 is 11.6 Å². The van der Waals surface area contributed by atoms with E-state index in [1.165, 1.54) is 5.56 Å². The Morgan fingerprint density at radius 1 is 1.00 bits per heavy atom. The normalized spacial score (nSPS) is 10.2. The van der Waals surface area contributed by atoms with Crippen molar-refractivity contribution in [1.82, 2.24) is 0 Å². The minimum Gasteiger partial charge on any atom is -0.493 e. The zero-order chi connectivity index (χ0) is 14.9. The number of rotatable bonds is 8. The van der Waals surface area contributed by atoms with Gasteiger partial charge in [0.25, 0.3) is 0 Å². The summed E-state index contributed by atoms with van der Waals surface area (Å²) in [6.45, 7) is 1.30. The summed E-state index contributed by atoms with van der Waals surface area (Å²) in [6.07, 6.45) is 0.902. The third kappa shape index (κ3) is 4.87. The monoisotopic (exact) mass is 305 g/mol. The molecule has 3 nitrogen and oxygen atoms in total. The topological polar surface area (TPSA) is 30.5 Å². The lowest BCUT2D eigenvalue weighted by Gasteiger charge is -2.11. The molecular formula is C17H20ClNO2. The molecule has 2 aromatic carbocycles. The van der Waals surface area contributed by atoms with Crippen LogP contribution in [0.4, 0.5) is 5.69 Å². The van der Waals surface area contributed by atoms with Crippen molar-refractivity contribution in [3.63, 3.8) is 0 Å². The Morgan fingerprint density at radius 3 is 2.38 bits per heavy atom. The first-order valence-corrected chi connectivity index (χ1v) is 7.51. The van der Waals surface area contributed by atoms with Crippen LogP contribution in [-0.2, 0) is 6.42 Å². The lowest BCUT2D eigenvalue weighted by Crippen LogP contribution is -2.11. The largest absolute Gasteiger partial charge is 0.493 e. The predicted octanol–water partition coefficient (Wildman–Crippen LogP) is 3.97. The number of nitrogens with one attached hydrogen (secondary N) is 1. The van der Waals surface area contributed by atoms with Crippen LogP contribution in [0.3, 0.4) is 0 Å². The van der Waals surface area contributed by atoms with Crippen LogP contribution in [0.5, 0.6) is 11.5 Å². The van der Waals surface area contributed by atoms with E-state index in [0.717, 1.165) is 30.2 Å². The SMILES string of the molecule is COc1ccccc1OCCNc1ccc(CCCl)cc1. The summed E-state index contributed by atoms with van der Waals surface area (Å²) in [5.41, 5.74) is 2.33. The average Bonchev–Trinajstić information content (AvgIpc) is 2.54. The van der Waals surface area contributed by atoms with Crippen LogP contribution in [-0.4, -0.2) is 26.1 Å². The molecule has 0 aliphatic heterocycles. The highest BCUT2D eigenvalue weighted by Gasteiger charge is 2.01. The number of ether oxygens (including phenoxy) is 2. The van der Waals surface area contributed by atoms with Crippen molar-refractivity contribution in [2.75, 3.05) is 31.5 Å². The number of benzene rings is 2. The first kappa shape index (κ1) is 15.5. The van der Waals surface area contributed by atoms with E-state index in [4.69, 9.17) is 21.1 Å². The molecule has 0 aliphatic carbocycles. The van der Waals surface area contributed by atoms with E-state index in [1.54, 1.807) is 7.11 Å². The highest BCUT2D eigenvalue weighted by molar-refractivity contribution is 6.17. The Bertz CT molecular complexity index is 543. The molecule has 2 rings (SSSR count). The predicted molar refractivity (Wildman–Crippen MR) is 87.8 cm³/mol. The van der Waals surface area contributed by atoms with Crippen LogP contribution in [0.1, 0.15) is 5.56 Å². The number of para-hydroxylation sites is 2. The van der Waals surface area contributed by atoms with E-state index in [1.807, 2.05) is 24.3 Å². The first-order chi connectivity index (χ1) is 10.3. The highest BCUT2D eigenvalue weighted by Crippen LogP contribution is 2.25. The molecule has 0 aromatic heterocycles. The Hall–Kier alpha value is -1.87. The molecule has 0 aliphatic rings. The van der Waals surface area contributed by atoms with Gasteiger partial charge in [-0.25, -0.2) is 0 Å². The summed E-state index contributed by atoms with van der Waals surface area (Å²) in [6, 6.07) is 15.9. The molecule has 0 radical (unpaired) electrons. The second-order valence-corrected chi connectivity index (χ2v) is 4.94. The molecule has 21 heavy (non-hydrogen) atoms. The molecule has 2 aromatic rings. The fourth-order valence-electron chi connectivity index (χ4n) is 1.99. The molecule has 0 fully saturated rings. The Labute approximate surface area is 130 Å². The van der Waals surface area contributed by atoms with E-state index in [2.05, 4.69) is 29.6 Å². The molecule has 0 spiro atoms. The summed E-state index contributed by atoms with van der Waals surface area (Å²) in [5, 5.41) is 3.32. The van der Waals surface area contributed by atoms with Crippen LogP contribution in [0, 0.1) is 0 Å². The third-order valence-electron chi connectivity index (χ3n) is 3.09. The fourth-order valence-corrected chi connectivity index (χ4v) is 2.21. The standard InChI is InChI=1S/C17H20ClNO2/c1-20-16-4-2-3-5-17(16)21-13-12-19-15-8-6-14(7-9-15)10-11-18/h2-9,19H,10-13H2,1H3. The van der Waals surface area contributed by atoms with Gasteiger partial charge in [0.1, 0.15) is 6.61 Å². The maximum atomic E-state index is 5.72. The van der Waals surface area contributed by atoms with E-state index in [0.29, 0.717) is 12.5 Å². The van der Waals surface area contributed by atoms with Crippen molar-refractivity contribution in [3.05, 3.63) is 54.1 Å². The molecule has 0 saturated heterocycles. The molecule has 0 atom stereocenters. The van der Waals surface area contributed by atoms with Crippen molar-refractivity contribution in [2.45, 2.75) is 6.42 Å². The number of hydrogen-bond donors (Lipinski definition) is 1. The third-order valence-corrected chi connectivity index (χ3v) is 3.28. The molecular weight excluding hydrogens is 286 g/mol. The second-order valence-electron chi connectivity index (χ2n) is 4.56. The molecule has 112 valence electrons. The molecule has 1 N–H and O–H groups in total. The van der Waals surface area contributed by atoms with E-state index in [9.17, 15) is 0 Å². The van der Waals surface area contributed by atoms with Gasteiger partial charge in [-0.15, -0.1) is 11.6 Å². The van der Waals surface area contributed by atoms with Gasteiger partial charge in [0.05, 0.1) is 7.11 Å². The van der Waals surface area contributed by atoms with E-state index in [-0.39, 0.29) is 0 Å². The fraction of sp³-hybridized carbons (Fsp3) is 0.294. The summed E-state index contributed by atoms with van der Waals surface area (Å²) in [7, 11) is 1.64. The molecule has 0 bridgehead atoms. The van der Waals surface area contributed by atoms with Crippen LogP contribution in [0.2, 0.25) is 0 Å². The summed E-state index contributed by atoms with van der Waals surface area (Å²) in [4.78, 5) is 0. The molecule has 4 heteroatoms. The zero-order valence-corrected chi connectivity index (χ0v) is 12.9. The summed E-state index contributed by atoms with van der Waals surface area (Å²) >= 11 is 5.72. The minimum atomic E-state index is 0.573.